The predicted octanol–water partition coefficient (Wildman–Crippen LogP) is 5.03. The molecule has 5 heteroatoms. The van der Waals surface area contributed by atoms with Crippen LogP contribution in [-0.4, -0.2) is 29.4 Å². The van der Waals surface area contributed by atoms with Gasteiger partial charge in [0.05, 0.1) is 7.11 Å². The SMILES string of the molecule is C=P(O)(O)CCc1cc(C)c(Oc2ccc(OC)c(C(C)C)c2)c(C)c1. The zero-order valence-electron chi connectivity index (χ0n) is 16.2. The van der Waals surface area contributed by atoms with E-state index in [1.54, 1.807) is 7.11 Å². The van der Waals surface area contributed by atoms with Gasteiger partial charge in [0, 0.05) is 11.7 Å². The van der Waals surface area contributed by atoms with Gasteiger partial charge in [-0.25, -0.2) is 0 Å². The Balaban J connectivity index is 2.27. The maximum absolute atomic E-state index is 9.50. The summed E-state index contributed by atoms with van der Waals surface area (Å²) in [5.74, 6) is 2.81. The van der Waals surface area contributed by atoms with E-state index in [0.717, 1.165) is 39.5 Å². The van der Waals surface area contributed by atoms with Gasteiger partial charge in [0.1, 0.15) is 24.6 Å². The molecule has 2 rings (SSSR count). The molecule has 142 valence electrons. The van der Waals surface area contributed by atoms with Crippen LogP contribution in [-0.2, 0) is 6.42 Å². The van der Waals surface area contributed by atoms with Crippen LogP contribution < -0.4 is 9.47 Å². The molecule has 2 N–H and O–H groups in total. The molecular formula is C21H29O4P. The largest absolute Gasteiger partial charge is 0.496 e. The third-order valence-electron chi connectivity index (χ3n) is 4.32. The number of hydrogen-bond acceptors (Lipinski definition) is 4. The molecule has 0 heterocycles. The maximum atomic E-state index is 9.50. The predicted molar refractivity (Wildman–Crippen MR) is 110 cm³/mol. The second-order valence-corrected chi connectivity index (χ2v) is 9.28. The maximum Gasteiger partial charge on any atom is 0.133 e. The second kappa shape index (κ2) is 8.30. The number of aryl methyl sites for hydroxylation is 3. The first-order valence-electron chi connectivity index (χ1n) is 8.74. The lowest BCUT2D eigenvalue weighted by Crippen LogP contribution is -1.99. The van der Waals surface area contributed by atoms with Crippen molar-refractivity contribution in [3.8, 4) is 17.2 Å². The summed E-state index contributed by atoms with van der Waals surface area (Å²) in [5, 5.41) is 0. The van der Waals surface area contributed by atoms with Crippen LogP contribution >= 0.6 is 7.34 Å². The zero-order valence-corrected chi connectivity index (χ0v) is 17.1. The van der Waals surface area contributed by atoms with Gasteiger partial charge in [0.2, 0.25) is 0 Å². The Labute approximate surface area is 156 Å². The fraction of sp³-hybridized carbons (Fsp3) is 0.381. The van der Waals surface area contributed by atoms with E-state index < -0.39 is 7.34 Å². The lowest BCUT2D eigenvalue weighted by atomic mass is 10.0. The van der Waals surface area contributed by atoms with E-state index in [1.807, 2.05) is 44.2 Å². The number of hydrogen-bond donors (Lipinski definition) is 2. The topological polar surface area (TPSA) is 58.9 Å². The van der Waals surface area contributed by atoms with E-state index in [2.05, 4.69) is 20.1 Å². The van der Waals surface area contributed by atoms with Crippen LogP contribution in [0.25, 0.3) is 0 Å². The lowest BCUT2D eigenvalue weighted by molar-refractivity contribution is 0.405. The molecule has 0 spiro atoms. The normalized spacial score (nSPS) is 11.7. The third kappa shape index (κ3) is 5.38. The Morgan fingerprint density at radius 2 is 1.69 bits per heavy atom. The molecule has 0 saturated carbocycles. The monoisotopic (exact) mass is 376 g/mol. The molecule has 0 atom stereocenters. The number of methoxy groups -OCH3 is 1. The first kappa shape index (κ1) is 20.6. The highest BCUT2D eigenvalue weighted by molar-refractivity contribution is 7.62. The van der Waals surface area contributed by atoms with Crippen molar-refractivity contribution in [1.29, 1.82) is 0 Å². The van der Waals surface area contributed by atoms with Gasteiger partial charge in [0.15, 0.2) is 0 Å². The van der Waals surface area contributed by atoms with Crippen LogP contribution in [0.1, 0.15) is 42.0 Å². The molecular weight excluding hydrogens is 347 g/mol. The standard InChI is InChI=1S/C21H29O4P/c1-14(2)19-13-18(7-8-20(19)24-5)25-21-15(3)11-17(12-16(21)4)9-10-26(6,22)23/h7-8,11-14,22-23H,6,9-10H2,1-5H3. The van der Waals surface area contributed by atoms with Gasteiger partial charge in [-0.05, 0) is 61.1 Å². The smallest absolute Gasteiger partial charge is 0.133 e. The molecule has 0 saturated heterocycles. The molecule has 0 aliphatic carbocycles. The average Bonchev–Trinajstić information content (AvgIpc) is 2.55. The van der Waals surface area contributed by atoms with Gasteiger partial charge >= 0.3 is 0 Å². The lowest BCUT2D eigenvalue weighted by Gasteiger charge is -2.17. The van der Waals surface area contributed by atoms with Gasteiger partial charge in [0.25, 0.3) is 0 Å². The molecule has 0 fully saturated rings. The summed E-state index contributed by atoms with van der Waals surface area (Å²) in [6, 6.07) is 9.94. The van der Waals surface area contributed by atoms with Gasteiger partial charge < -0.3 is 19.3 Å². The fourth-order valence-electron chi connectivity index (χ4n) is 3.00. The van der Waals surface area contributed by atoms with Crippen LogP contribution in [0.2, 0.25) is 0 Å². The highest BCUT2D eigenvalue weighted by Crippen LogP contribution is 2.37. The van der Waals surface area contributed by atoms with Crippen molar-refractivity contribution in [2.75, 3.05) is 13.3 Å². The van der Waals surface area contributed by atoms with Crippen molar-refractivity contribution < 1.29 is 19.3 Å². The molecule has 0 amide bonds. The highest BCUT2D eigenvalue weighted by Gasteiger charge is 2.13. The summed E-state index contributed by atoms with van der Waals surface area (Å²) in [7, 11) is -1.32. The van der Waals surface area contributed by atoms with Gasteiger partial charge in [-0.3, -0.25) is 0 Å². The van der Waals surface area contributed by atoms with Gasteiger partial charge in [-0.15, -0.1) is 0 Å². The van der Waals surface area contributed by atoms with Crippen molar-refractivity contribution >= 4 is 13.6 Å². The summed E-state index contributed by atoms with van der Waals surface area (Å²) in [4.78, 5) is 19.0. The zero-order chi connectivity index (χ0) is 19.5. The Morgan fingerprint density at radius 3 is 2.19 bits per heavy atom. The van der Waals surface area contributed by atoms with Crippen molar-refractivity contribution in [1.82, 2.24) is 0 Å². The van der Waals surface area contributed by atoms with Crippen LogP contribution in [0.3, 0.4) is 0 Å². The van der Waals surface area contributed by atoms with Crippen molar-refractivity contribution in [3.05, 3.63) is 52.6 Å². The molecule has 0 radical (unpaired) electrons. The molecule has 0 aliphatic rings. The highest BCUT2D eigenvalue weighted by atomic mass is 31.2. The number of ether oxygens (including phenoxy) is 2. The van der Waals surface area contributed by atoms with Crippen LogP contribution in [0.4, 0.5) is 0 Å². The molecule has 26 heavy (non-hydrogen) atoms. The van der Waals surface area contributed by atoms with E-state index in [0.29, 0.717) is 18.5 Å². The van der Waals surface area contributed by atoms with E-state index >= 15 is 0 Å². The summed E-state index contributed by atoms with van der Waals surface area (Å²) >= 11 is 0. The minimum absolute atomic E-state index is 0.294. The summed E-state index contributed by atoms with van der Waals surface area (Å²) < 4.78 is 11.6. The van der Waals surface area contributed by atoms with Crippen molar-refractivity contribution in [2.45, 2.75) is 40.0 Å². The fourth-order valence-corrected chi connectivity index (χ4v) is 3.61. The first-order valence-corrected chi connectivity index (χ1v) is 10.8. The van der Waals surface area contributed by atoms with E-state index in [-0.39, 0.29) is 0 Å². The summed E-state index contributed by atoms with van der Waals surface area (Å²) in [6.07, 6.45) is 4.31. The van der Waals surface area contributed by atoms with Crippen LogP contribution in [0, 0.1) is 13.8 Å². The molecule has 0 aromatic heterocycles. The average molecular weight is 376 g/mol. The Bertz CT molecular complexity index is 798. The molecule has 0 unspecified atom stereocenters. The molecule has 2 aromatic rings. The Hall–Kier alpha value is -1.74. The van der Waals surface area contributed by atoms with Crippen molar-refractivity contribution in [2.24, 2.45) is 0 Å². The molecule has 0 aliphatic heterocycles. The summed E-state index contributed by atoms with van der Waals surface area (Å²) in [5.41, 5.74) is 4.20. The van der Waals surface area contributed by atoms with Gasteiger partial charge in [-0.1, -0.05) is 32.3 Å². The first-order chi connectivity index (χ1) is 12.1. The van der Waals surface area contributed by atoms with Crippen LogP contribution in [0.15, 0.2) is 30.3 Å². The van der Waals surface area contributed by atoms with E-state index in [1.165, 1.54) is 0 Å². The third-order valence-corrected chi connectivity index (χ3v) is 5.26. The Morgan fingerprint density at radius 1 is 1.08 bits per heavy atom. The van der Waals surface area contributed by atoms with E-state index in [9.17, 15) is 9.79 Å². The second-order valence-electron chi connectivity index (χ2n) is 7.07. The molecule has 2 aromatic carbocycles. The van der Waals surface area contributed by atoms with Gasteiger partial charge in [-0.2, -0.15) is 0 Å². The Kier molecular flexibility index (Phi) is 6.57. The minimum atomic E-state index is -2.99. The molecule has 4 nitrogen and oxygen atoms in total. The van der Waals surface area contributed by atoms with Crippen LogP contribution in [0.5, 0.6) is 17.2 Å². The van der Waals surface area contributed by atoms with Crippen molar-refractivity contribution in [3.63, 3.8) is 0 Å². The number of benzene rings is 2. The number of rotatable bonds is 7. The van der Waals surface area contributed by atoms with E-state index in [4.69, 9.17) is 9.47 Å². The summed E-state index contributed by atoms with van der Waals surface area (Å²) in [6.45, 7) is 8.26. The quantitative estimate of drug-likeness (QED) is 0.665. The minimum Gasteiger partial charge on any atom is -0.496 e. The molecule has 0 bridgehead atoms.